The van der Waals surface area contributed by atoms with Gasteiger partial charge in [-0.05, 0) is 92.8 Å². The smallest absolute Gasteiger partial charge is 0.350 e. The molecule has 2 aliphatic rings. The minimum atomic E-state index is -0.469. The highest BCUT2D eigenvalue weighted by atomic mass is 16.2. The van der Waals surface area contributed by atoms with Crippen LogP contribution in [0, 0.1) is 0 Å². The van der Waals surface area contributed by atoms with E-state index in [0.717, 1.165) is 61.8 Å². The van der Waals surface area contributed by atoms with Crippen molar-refractivity contribution in [2.24, 2.45) is 0 Å². The van der Waals surface area contributed by atoms with Gasteiger partial charge in [-0.2, -0.15) is 5.10 Å². The Morgan fingerprint density at radius 3 is 2.35 bits per heavy atom. The lowest BCUT2D eigenvalue weighted by Crippen LogP contribution is -2.50. The summed E-state index contributed by atoms with van der Waals surface area (Å²) in [5, 5.41) is 7.40. The highest BCUT2D eigenvalue weighted by Crippen LogP contribution is 2.28. The van der Waals surface area contributed by atoms with Crippen LogP contribution in [0.1, 0.15) is 49.2 Å². The summed E-state index contributed by atoms with van der Waals surface area (Å²) >= 11 is 0. The second-order valence-electron chi connectivity index (χ2n) is 10.8. The Kier molecular flexibility index (Phi) is 7.21. The number of pyridine rings is 1. The van der Waals surface area contributed by atoms with Crippen LogP contribution in [0.2, 0.25) is 0 Å². The zero-order valence-corrected chi connectivity index (χ0v) is 23.0. The number of fused-ring (bicyclic) bond motifs is 1. The second-order valence-corrected chi connectivity index (χ2v) is 10.8. The molecule has 3 heterocycles. The van der Waals surface area contributed by atoms with Crippen LogP contribution in [0.4, 0.5) is 11.4 Å². The van der Waals surface area contributed by atoms with Crippen LogP contribution in [-0.4, -0.2) is 56.3 Å². The first-order chi connectivity index (χ1) is 19.5. The predicted molar refractivity (Wildman–Crippen MR) is 156 cm³/mol. The van der Waals surface area contributed by atoms with Gasteiger partial charge in [0, 0.05) is 43.8 Å². The van der Waals surface area contributed by atoms with Gasteiger partial charge >= 0.3 is 5.69 Å². The number of aryl methyl sites for hydroxylation is 2. The van der Waals surface area contributed by atoms with Crippen LogP contribution in [-0.2, 0) is 17.6 Å². The molecule has 1 fully saturated rings. The molecule has 206 valence electrons. The van der Waals surface area contributed by atoms with Gasteiger partial charge in [0.1, 0.15) is 12.4 Å². The molecule has 40 heavy (non-hydrogen) atoms. The minimum Gasteiger partial charge on any atom is -0.369 e. The average molecular weight is 538 g/mol. The van der Waals surface area contributed by atoms with Gasteiger partial charge < -0.3 is 10.2 Å². The zero-order valence-electron chi connectivity index (χ0n) is 23.0. The van der Waals surface area contributed by atoms with Gasteiger partial charge in [0.2, 0.25) is 5.91 Å². The summed E-state index contributed by atoms with van der Waals surface area (Å²) in [7, 11) is 0. The van der Waals surface area contributed by atoms with Crippen molar-refractivity contribution in [2.75, 3.05) is 36.4 Å². The number of rotatable bonds is 7. The van der Waals surface area contributed by atoms with Crippen molar-refractivity contribution in [1.82, 2.24) is 24.2 Å². The van der Waals surface area contributed by atoms with Crippen LogP contribution in [0.25, 0.3) is 5.69 Å². The molecule has 0 spiro atoms. The lowest BCUT2D eigenvalue weighted by Gasteiger charge is -2.39. The van der Waals surface area contributed by atoms with Crippen LogP contribution in [0.5, 0.6) is 0 Å². The summed E-state index contributed by atoms with van der Waals surface area (Å²) in [4.78, 5) is 35.4. The molecule has 1 saturated heterocycles. The van der Waals surface area contributed by atoms with Gasteiger partial charge in [-0.1, -0.05) is 12.1 Å². The molecular formula is C31H35N7O2. The summed E-state index contributed by atoms with van der Waals surface area (Å²) in [6.07, 6.45) is 6.69. The third kappa shape index (κ3) is 5.16. The van der Waals surface area contributed by atoms with Crippen molar-refractivity contribution >= 4 is 17.3 Å². The molecule has 1 aliphatic carbocycles. The van der Waals surface area contributed by atoms with Gasteiger partial charge in [0.25, 0.3) is 0 Å². The largest absolute Gasteiger partial charge is 0.369 e. The average Bonchev–Trinajstić information content (AvgIpc) is 3.60. The fraction of sp³-hybridized carbons (Fsp3) is 0.355. The SMILES string of the molecule is CC(C)n1ncn(-c2ccc(N3CCN(C(C(=O)Nc4ccc5c(c4)CCC5)c4ccccn4)CC3)cc2)c1=O. The molecule has 9 heteroatoms. The molecule has 0 saturated carbocycles. The molecule has 0 radical (unpaired) electrons. The standard InChI is InChI=1S/C31H35N7O2/c1-22(2)38-31(40)37(21-33-38)27-13-11-26(12-14-27)35-16-18-36(19-17-35)29(28-8-3-4-15-32-28)30(39)34-25-10-9-23-6-5-7-24(23)20-25/h3-4,8-15,20-22,29H,5-7,16-19H2,1-2H3,(H,34,39). The van der Waals surface area contributed by atoms with Crippen molar-refractivity contribution < 1.29 is 4.79 Å². The quantitative estimate of drug-likeness (QED) is 0.384. The van der Waals surface area contributed by atoms with Crippen molar-refractivity contribution in [1.29, 1.82) is 0 Å². The van der Waals surface area contributed by atoms with Crippen molar-refractivity contribution in [2.45, 2.75) is 45.2 Å². The molecule has 1 N–H and O–H groups in total. The van der Waals surface area contributed by atoms with E-state index in [-0.39, 0.29) is 17.6 Å². The van der Waals surface area contributed by atoms with Crippen molar-refractivity contribution in [3.8, 4) is 5.69 Å². The number of carbonyl (C=O) groups excluding carboxylic acids is 1. The van der Waals surface area contributed by atoms with E-state index in [9.17, 15) is 9.59 Å². The van der Waals surface area contributed by atoms with Gasteiger partial charge in [-0.3, -0.25) is 14.7 Å². The Morgan fingerprint density at radius 1 is 0.900 bits per heavy atom. The number of carbonyl (C=O) groups is 1. The number of nitrogens with zero attached hydrogens (tertiary/aromatic N) is 6. The summed E-state index contributed by atoms with van der Waals surface area (Å²) < 4.78 is 3.05. The zero-order chi connectivity index (χ0) is 27.6. The maximum Gasteiger partial charge on any atom is 0.350 e. The molecule has 1 atom stereocenters. The molecule has 2 aromatic heterocycles. The van der Waals surface area contributed by atoms with E-state index >= 15 is 0 Å². The first-order valence-corrected chi connectivity index (χ1v) is 14.1. The number of benzene rings is 2. The summed E-state index contributed by atoms with van der Waals surface area (Å²) in [6.45, 7) is 6.88. The van der Waals surface area contributed by atoms with E-state index in [2.05, 4.69) is 37.3 Å². The van der Waals surface area contributed by atoms with Crippen molar-refractivity contribution in [3.63, 3.8) is 0 Å². The Labute approximate surface area is 234 Å². The highest BCUT2D eigenvalue weighted by Gasteiger charge is 2.32. The first-order valence-electron chi connectivity index (χ1n) is 14.1. The molecule has 4 aromatic rings. The number of amides is 1. The molecule has 0 bridgehead atoms. The fourth-order valence-electron chi connectivity index (χ4n) is 5.80. The number of piperazine rings is 1. The number of nitrogens with one attached hydrogen (secondary N) is 1. The second kappa shape index (κ2) is 11.1. The fourth-order valence-corrected chi connectivity index (χ4v) is 5.80. The Bertz CT molecular complexity index is 1530. The van der Waals surface area contributed by atoms with E-state index in [4.69, 9.17) is 0 Å². The van der Waals surface area contributed by atoms with Gasteiger partial charge in [-0.15, -0.1) is 0 Å². The molecule has 1 amide bonds. The summed E-state index contributed by atoms with van der Waals surface area (Å²) in [5.74, 6) is -0.0539. The lowest BCUT2D eigenvalue weighted by atomic mass is 10.1. The minimum absolute atomic E-state index is 0.00900. The number of anilines is 2. The Morgan fingerprint density at radius 2 is 1.65 bits per heavy atom. The van der Waals surface area contributed by atoms with Gasteiger partial charge in [0.05, 0.1) is 17.4 Å². The van der Waals surface area contributed by atoms with Crippen LogP contribution >= 0.6 is 0 Å². The maximum absolute atomic E-state index is 13.7. The summed E-state index contributed by atoms with van der Waals surface area (Å²) in [5.41, 5.74) is 6.07. The first kappa shape index (κ1) is 26.0. The molecule has 9 nitrogen and oxygen atoms in total. The van der Waals surface area contributed by atoms with Crippen LogP contribution in [0.15, 0.2) is 78.0 Å². The maximum atomic E-state index is 13.7. The van der Waals surface area contributed by atoms with E-state index in [1.54, 1.807) is 17.1 Å². The number of hydrogen-bond donors (Lipinski definition) is 1. The third-order valence-electron chi connectivity index (χ3n) is 7.94. The Balaban J connectivity index is 1.15. The number of aromatic nitrogens is 4. The topological polar surface area (TPSA) is 88.3 Å². The van der Waals surface area contributed by atoms with Crippen molar-refractivity contribution in [3.05, 3.63) is 100 Å². The van der Waals surface area contributed by atoms with E-state index in [0.29, 0.717) is 0 Å². The van der Waals surface area contributed by atoms with E-state index in [1.165, 1.54) is 22.2 Å². The lowest BCUT2D eigenvalue weighted by molar-refractivity contribution is -0.121. The third-order valence-corrected chi connectivity index (χ3v) is 7.94. The molecule has 1 aliphatic heterocycles. The van der Waals surface area contributed by atoms with Gasteiger partial charge in [-0.25, -0.2) is 14.0 Å². The molecule has 2 aromatic carbocycles. The van der Waals surface area contributed by atoms with E-state index < -0.39 is 6.04 Å². The molecular weight excluding hydrogens is 502 g/mol. The number of hydrogen-bond acceptors (Lipinski definition) is 6. The summed E-state index contributed by atoms with van der Waals surface area (Å²) in [6, 6.07) is 19.6. The van der Waals surface area contributed by atoms with Gasteiger partial charge in [0.15, 0.2) is 0 Å². The molecule has 1 unspecified atom stereocenters. The monoisotopic (exact) mass is 537 g/mol. The normalized spacial score (nSPS) is 16.2. The predicted octanol–water partition coefficient (Wildman–Crippen LogP) is 4.00. The Hall–Kier alpha value is -4.24. The van der Waals surface area contributed by atoms with E-state index in [1.807, 2.05) is 62.4 Å². The van der Waals surface area contributed by atoms with Crippen LogP contribution in [0.3, 0.4) is 0 Å². The highest BCUT2D eigenvalue weighted by molar-refractivity contribution is 5.95. The molecule has 6 rings (SSSR count). The van der Waals surface area contributed by atoms with Crippen LogP contribution < -0.4 is 15.9 Å².